The molecule has 1 aromatic carbocycles. The zero-order valence-electron chi connectivity index (χ0n) is 12.4. The van der Waals surface area contributed by atoms with Crippen molar-refractivity contribution < 1.29 is 13.5 Å². The Morgan fingerprint density at radius 3 is 2.67 bits per heavy atom. The number of aliphatic hydroxyl groups excluding tert-OH is 1. The number of halogens is 1. The molecule has 1 aromatic rings. The molecule has 6 heteroatoms. The molecule has 0 aromatic heterocycles. The Kier molecular flexibility index (Phi) is 5.30. The van der Waals surface area contributed by atoms with Crippen LogP contribution in [0.2, 0.25) is 5.02 Å². The number of rotatable bonds is 5. The van der Waals surface area contributed by atoms with Crippen LogP contribution >= 0.6 is 11.6 Å². The first-order valence-corrected chi connectivity index (χ1v) is 9.11. The fraction of sp³-hybridized carbons (Fsp3) is 0.600. The van der Waals surface area contributed by atoms with E-state index in [-0.39, 0.29) is 11.5 Å². The number of sulfonamides is 1. The van der Waals surface area contributed by atoms with Gasteiger partial charge < -0.3 is 5.11 Å². The molecule has 2 atom stereocenters. The molecule has 0 saturated heterocycles. The molecule has 2 unspecified atom stereocenters. The predicted octanol–water partition coefficient (Wildman–Crippen LogP) is 2.86. The van der Waals surface area contributed by atoms with Crippen LogP contribution in [0.15, 0.2) is 17.0 Å². The summed E-state index contributed by atoms with van der Waals surface area (Å²) in [7, 11) is -3.60. The first-order valence-electron chi connectivity index (χ1n) is 7.24. The van der Waals surface area contributed by atoms with Gasteiger partial charge in [0.1, 0.15) is 0 Å². The SMILES string of the molecule is Cc1c(CO)cc(Cl)cc1S(=O)(=O)NCC1CCCC1C. The first-order chi connectivity index (χ1) is 9.85. The van der Waals surface area contributed by atoms with Crippen LogP contribution in [0.25, 0.3) is 0 Å². The van der Waals surface area contributed by atoms with Gasteiger partial charge in [-0.05, 0) is 48.4 Å². The average molecular weight is 332 g/mol. The molecule has 118 valence electrons. The molecule has 0 heterocycles. The minimum absolute atomic E-state index is 0.157. The van der Waals surface area contributed by atoms with Crippen LogP contribution in [-0.2, 0) is 16.6 Å². The van der Waals surface area contributed by atoms with E-state index in [1.165, 1.54) is 12.5 Å². The zero-order valence-corrected chi connectivity index (χ0v) is 14.0. The highest BCUT2D eigenvalue weighted by atomic mass is 35.5. The second-order valence-electron chi connectivity index (χ2n) is 5.87. The molecule has 0 bridgehead atoms. The van der Waals surface area contributed by atoms with E-state index in [9.17, 15) is 13.5 Å². The van der Waals surface area contributed by atoms with E-state index in [4.69, 9.17) is 11.6 Å². The Morgan fingerprint density at radius 1 is 1.38 bits per heavy atom. The minimum Gasteiger partial charge on any atom is -0.392 e. The number of hydrogen-bond acceptors (Lipinski definition) is 3. The largest absolute Gasteiger partial charge is 0.392 e. The Bertz CT molecular complexity index is 616. The number of nitrogens with one attached hydrogen (secondary N) is 1. The van der Waals surface area contributed by atoms with Crippen LogP contribution in [0.3, 0.4) is 0 Å². The summed E-state index contributed by atoms with van der Waals surface area (Å²) >= 11 is 5.95. The van der Waals surface area contributed by atoms with Gasteiger partial charge in [-0.2, -0.15) is 0 Å². The Balaban J connectivity index is 2.21. The third-order valence-corrected chi connectivity index (χ3v) is 6.23. The van der Waals surface area contributed by atoms with Crippen LogP contribution in [-0.4, -0.2) is 20.1 Å². The van der Waals surface area contributed by atoms with E-state index in [0.717, 1.165) is 12.8 Å². The molecule has 0 aliphatic heterocycles. The topological polar surface area (TPSA) is 66.4 Å². The molecule has 0 amide bonds. The molecule has 1 fully saturated rings. The number of benzene rings is 1. The summed E-state index contributed by atoms with van der Waals surface area (Å²) < 4.78 is 27.7. The van der Waals surface area contributed by atoms with Gasteiger partial charge in [0.05, 0.1) is 11.5 Å². The monoisotopic (exact) mass is 331 g/mol. The molecular weight excluding hydrogens is 310 g/mol. The van der Waals surface area contributed by atoms with Crippen LogP contribution < -0.4 is 4.72 Å². The highest BCUT2D eigenvalue weighted by Gasteiger charge is 2.26. The summed E-state index contributed by atoms with van der Waals surface area (Å²) in [5.41, 5.74) is 1.09. The lowest BCUT2D eigenvalue weighted by molar-refractivity contribution is 0.280. The number of aliphatic hydroxyl groups is 1. The van der Waals surface area contributed by atoms with Crippen LogP contribution in [0, 0.1) is 18.8 Å². The molecule has 0 radical (unpaired) electrons. The molecule has 0 spiro atoms. The van der Waals surface area contributed by atoms with Gasteiger partial charge >= 0.3 is 0 Å². The second-order valence-corrected chi connectivity index (χ2v) is 8.04. The van der Waals surface area contributed by atoms with E-state index in [2.05, 4.69) is 11.6 Å². The van der Waals surface area contributed by atoms with E-state index >= 15 is 0 Å². The molecule has 21 heavy (non-hydrogen) atoms. The molecule has 4 nitrogen and oxygen atoms in total. The minimum atomic E-state index is -3.60. The molecular formula is C15H22ClNO3S. The number of hydrogen-bond donors (Lipinski definition) is 2. The lowest BCUT2D eigenvalue weighted by Gasteiger charge is -2.17. The highest BCUT2D eigenvalue weighted by Crippen LogP contribution is 2.31. The second kappa shape index (κ2) is 6.65. The highest BCUT2D eigenvalue weighted by molar-refractivity contribution is 7.89. The zero-order chi connectivity index (χ0) is 15.6. The van der Waals surface area contributed by atoms with Gasteiger partial charge in [-0.3, -0.25) is 0 Å². The van der Waals surface area contributed by atoms with Crippen molar-refractivity contribution in [1.29, 1.82) is 0 Å². The van der Waals surface area contributed by atoms with Crippen molar-refractivity contribution >= 4 is 21.6 Å². The van der Waals surface area contributed by atoms with Gasteiger partial charge in [0.15, 0.2) is 0 Å². The van der Waals surface area contributed by atoms with Crippen LogP contribution in [0.1, 0.15) is 37.3 Å². The van der Waals surface area contributed by atoms with Crippen molar-refractivity contribution in [2.75, 3.05) is 6.54 Å². The molecule has 2 rings (SSSR count). The lowest BCUT2D eigenvalue weighted by atomic mass is 9.99. The van der Waals surface area contributed by atoms with Gasteiger partial charge in [0, 0.05) is 11.6 Å². The van der Waals surface area contributed by atoms with Gasteiger partial charge in [-0.1, -0.05) is 31.4 Å². The fourth-order valence-corrected chi connectivity index (χ4v) is 4.68. The summed E-state index contributed by atoms with van der Waals surface area (Å²) in [6.45, 7) is 4.09. The predicted molar refractivity (Wildman–Crippen MR) is 83.8 cm³/mol. The summed E-state index contributed by atoms with van der Waals surface area (Å²) in [5, 5.41) is 9.62. The third-order valence-electron chi connectivity index (χ3n) is 4.47. The van der Waals surface area contributed by atoms with Gasteiger partial charge in [-0.25, -0.2) is 13.1 Å². The quantitative estimate of drug-likeness (QED) is 0.871. The summed E-state index contributed by atoms with van der Waals surface area (Å²) in [6, 6.07) is 3.03. The summed E-state index contributed by atoms with van der Waals surface area (Å²) in [4.78, 5) is 0.157. The van der Waals surface area contributed by atoms with Crippen molar-refractivity contribution in [1.82, 2.24) is 4.72 Å². The van der Waals surface area contributed by atoms with Crippen LogP contribution in [0.5, 0.6) is 0 Å². The van der Waals surface area contributed by atoms with Crippen molar-refractivity contribution in [3.05, 3.63) is 28.3 Å². The average Bonchev–Trinajstić information content (AvgIpc) is 2.84. The van der Waals surface area contributed by atoms with Crippen molar-refractivity contribution in [3.63, 3.8) is 0 Å². The van der Waals surface area contributed by atoms with E-state index < -0.39 is 10.0 Å². The van der Waals surface area contributed by atoms with E-state index in [1.54, 1.807) is 13.0 Å². The fourth-order valence-electron chi connectivity index (χ4n) is 2.97. The summed E-state index contributed by atoms with van der Waals surface area (Å²) in [5.74, 6) is 0.956. The summed E-state index contributed by atoms with van der Waals surface area (Å²) in [6.07, 6.45) is 3.40. The molecule has 1 aliphatic rings. The maximum Gasteiger partial charge on any atom is 0.240 e. The van der Waals surface area contributed by atoms with E-state index in [1.807, 2.05) is 0 Å². The molecule has 2 N–H and O–H groups in total. The van der Waals surface area contributed by atoms with Gasteiger partial charge in [-0.15, -0.1) is 0 Å². The van der Waals surface area contributed by atoms with Crippen LogP contribution in [0.4, 0.5) is 0 Å². The van der Waals surface area contributed by atoms with Gasteiger partial charge in [0.2, 0.25) is 10.0 Å². The Hall–Kier alpha value is -0.620. The van der Waals surface area contributed by atoms with Gasteiger partial charge in [0.25, 0.3) is 0 Å². The Labute approximate surface area is 131 Å². The third kappa shape index (κ3) is 3.77. The lowest BCUT2D eigenvalue weighted by Crippen LogP contribution is -2.31. The molecule has 1 saturated carbocycles. The van der Waals surface area contributed by atoms with Crippen molar-refractivity contribution in [2.24, 2.45) is 11.8 Å². The smallest absolute Gasteiger partial charge is 0.240 e. The van der Waals surface area contributed by atoms with E-state index in [0.29, 0.717) is 34.5 Å². The Morgan fingerprint density at radius 2 is 2.10 bits per heavy atom. The standard InChI is InChI=1S/C15H22ClNO3S/c1-10-4-3-5-12(10)8-17-21(19,20)15-7-14(16)6-13(9-18)11(15)2/h6-7,10,12,17-18H,3-5,8-9H2,1-2H3. The molecule has 1 aliphatic carbocycles. The maximum absolute atomic E-state index is 12.5. The van der Waals surface area contributed by atoms with Crippen molar-refractivity contribution in [2.45, 2.75) is 44.6 Å². The first kappa shape index (κ1) is 16.7. The maximum atomic E-state index is 12.5. The van der Waals surface area contributed by atoms with Crippen molar-refractivity contribution in [3.8, 4) is 0 Å². The normalized spacial score (nSPS) is 22.7.